The highest BCUT2D eigenvalue weighted by atomic mass is 16.5. The fourth-order valence-electron chi connectivity index (χ4n) is 2.70. The Hall–Kier alpha value is -3.49. The molecule has 0 aliphatic heterocycles. The van der Waals surface area contributed by atoms with Gasteiger partial charge in [-0.05, 0) is 26.0 Å². The van der Waals surface area contributed by atoms with Gasteiger partial charge < -0.3 is 14.8 Å². The molecule has 3 rings (SSSR count). The van der Waals surface area contributed by atoms with Crippen LogP contribution < -0.4 is 10.1 Å². The molecule has 0 bridgehead atoms. The summed E-state index contributed by atoms with van der Waals surface area (Å²) in [6.45, 7) is 3.64. The summed E-state index contributed by atoms with van der Waals surface area (Å²) >= 11 is 0. The van der Waals surface area contributed by atoms with E-state index in [0.29, 0.717) is 17.4 Å². The normalized spacial score (nSPS) is 10.7. The van der Waals surface area contributed by atoms with Crippen LogP contribution in [0.4, 0.5) is 0 Å². The lowest BCUT2D eigenvalue weighted by Gasteiger charge is -2.09. The van der Waals surface area contributed by atoms with E-state index in [1.807, 2.05) is 38.1 Å². The molecule has 28 heavy (non-hydrogen) atoms. The summed E-state index contributed by atoms with van der Waals surface area (Å²) in [6.07, 6.45) is -0.137. The number of rotatable bonds is 7. The van der Waals surface area contributed by atoms with Crippen molar-refractivity contribution in [1.29, 1.82) is 0 Å². The molecule has 0 spiro atoms. The summed E-state index contributed by atoms with van der Waals surface area (Å²) < 4.78 is 11.8. The minimum absolute atomic E-state index is 0.137. The van der Waals surface area contributed by atoms with E-state index in [9.17, 15) is 9.59 Å². The van der Waals surface area contributed by atoms with E-state index < -0.39 is 11.9 Å². The first-order chi connectivity index (χ1) is 13.5. The fourth-order valence-corrected chi connectivity index (χ4v) is 2.70. The molecule has 0 aliphatic carbocycles. The van der Waals surface area contributed by atoms with Crippen LogP contribution in [0.5, 0.6) is 5.75 Å². The van der Waals surface area contributed by atoms with E-state index >= 15 is 0 Å². The molecule has 0 atom stereocenters. The maximum absolute atomic E-state index is 12.0. The molecule has 2 heterocycles. The van der Waals surface area contributed by atoms with Crippen LogP contribution in [0, 0.1) is 13.8 Å². The van der Waals surface area contributed by atoms with E-state index in [0.717, 1.165) is 17.0 Å². The molecular weight excluding hydrogens is 362 g/mol. The molecule has 0 saturated carbocycles. The number of nitrogens with zero attached hydrogens (tertiary/aromatic N) is 4. The molecule has 0 unspecified atom stereocenters. The van der Waals surface area contributed by atoms with E-state index in [2.05, 4.69) is 20.4 Å². The van der Waals surface area contributed by atoms with E-state index in [1.165, 1.54) is 0 Å². The molecule has 1 amide bonds. The number of fused-ring (bicyclic) bond motifs is 1. The Balaban J connectivity index is 1.50. The molecule has 1 N–H and O–H groups in total. The van der Waals surface area contributed by atoms with Gasteiger partial charge in [-0.2, -0.15) is 4.98 Å². The molecular formula is C19H21N5O4. The van der Waals surface area contributed by atoms with Gasteiger partial charge in [-0.15, -0.1) is 5.10 Å². The molecule has 0 fully saturated rings. The fraction of sp³-hybridized carbons (Fsp3) is 0.316. The second-order valence-electron chi connectivity index (χ2n) is 6.20. The molecule has 9 heteroatoms. The minimum atomic E-state index is -0.585. The van der Waals surface area contributed by atoms with Gasteiger partial charge >= 0.3 is 5.97 Å². The van der Waals surface area contributed by atoms with Crippen molar-refractivity contribution in [3.63, 3.8) is 0 Å². The second kappa shape index (κ2) is 8.47. The van der Waals surface area contributed by atoms with Gasteiger partial charge in [0.15, 0.2) is 12.4 Å². The van der Waals surface area contributed by atoms with Crippen LogP contribution in [-0.4, -0.2) is 45.2 Å². The zero-order chi connectivity index (χ0) is 20.1. The third-order valence-electron chi connectivity index (χ3n) is 4.00. The van der Waals surface area contributed by atoms with E-state index in [1.54, 1.807) is 17.7 Å². The zero-order valence-electron chi connectivity index (χ0n) is 15.9. The van der Waals surface area contributed by atoms with Gasteiger partial charge in [0.1, 0.15) is 12.2 Å². The maximum Gasteiger partial charge on any atom is 0.314 e. The highest BCUT2D eigenvalue weighted by Crippen LogP contribution is 2.16. The first kappa shape index (κ1) is 19.3. The third-order valence-corrected chi connectivity index (χ3v) is 4.00. The number of methoxy groups -OCH3 is 1. The number of hydrogen-bond donors (Lipinski definition) is 1. The summed E-state index contributed by atoms with van der Waals surface area (Å²) in [5, 5.41) is 6.93. The summed E-state index contributed by atoms with van der Waals surface area (Å²) in [4.78, 5) is 32.4. The SMILES string of the molecule is COc1ccccc1CNC(=O)COC(=O)Cc1nc2nc(C)cc(C)n2n1. The van der Waals surface area contributed by atoms with Crippen molar-refractivity contribution in [1.82, 2.24) is 24.9 Å². The van der Waals surface area contributed by atoms with Crippen LogP contribution in [0.15, 0.2) is 30.3 Å². The van der Waals surface area contributed by atoms with Crippen LogP contribution in [0.25, 0.3) is 5.78 Å². The second-order valence-corrected chi connectivity index (χ2v) is 6.20. The number of aryl methyl sites for hydroxylation is 2. The average Bonchev–Trinajstić information content (AvgIpc) is 3.07. The van der Waals surface area contributed by atoms with Gasteiger partial charge in [0.05, 0.1) is 7.11 Å². The van der Waals surface area contributed by atoms with Gasteiger partial charge in [0.25, 0.3) is 11.7 Å². The zero-order valence-corrected chi connectivity index (χ0v) is 15.9. The number of carbonyl (C=O) groups is 2. The summed E-state index contributed by atoms with van der Waals surface area (Å²) in [5.41, 5.74) is 2.51. The number of esters is 1. The highest BCUT2D eigenvalue weighted by molar-refractivity contribution is 5.81. The first-order valence-electron chi connectivity index (χ1n) is 8.70. The van der Waals surface area contributed by atoms with Gasteiger partial charge in [-0.1, -0.05) is 18.2 Å². The number of benzene rings is 1. The van der Waals surface area contributed by atoms with Crippen LogP contribution in [-0.2, 0) is 27.3 Å². The molecule has 1 aromatic carbocycles. The van der Waals surface area contributed by atoms with Gasteiger partial charge in [-0.25, -0.2) is 9.50 Å². The van der Waals surface area contributed by atoms with Crippen molar-refractivity contribution in [3.05, 3.63) is 53.1 Å². The van der Waals surface area contributed by atoms with Crippen LogP contribution in [0.3, 0.4) is 0 Å². The number of ether oxygens (including phenoxy) is 2. The smallest absolute Gasteiger partial charge is 0.314 e. The summed E-state index contributed by atoms with van der Waals surface area (Å²) in [5.74, 6) is 0.403. The maximum atomic E-state index is 12.0. The number of carbonyl (C=O) groups excluding carboxylic acids is 2. The number of nitrogens with one attached hydrogen (secondary N) is 1. The first-order valence-corrected chi connectivity index (χ1v) is 8.70. The predicted octanol–water partition coefficient (Wildman–Crippen LogP) is 1.15. The van der Waals surface area contributed by atoms with Crippen molar-refractivity contribution in [3.8, 4) is 5.75 Å². The predicted molar refractivity (Wildman–Crippen MR) is 99.8 cm³/mol. The minimum Gasteiger partial charge on any atom is -0.496 e. The van der Waals surface area contributed by atoms with E-state index in [4.69, 9.17) is 9.47 Å². The molecule has 3 aromatic rings. The molecule has 146 valence electrons. The van der Waals surface area contributed by atoms with Crippen molar-refractivity contribution < 1.29 is 19.1 Å². The Morgan fingerprint density at radius 3 is 2.75 bits per heavy atom. The quantitative estimate of drug-likeness (QED) is 0.610. The lowest BCUT2D eigenvalue weighted by atomic mass is 10.2. The number of para-hydroxylation sites is 1. The van der Waals surface area contributed by atoms with Gasteiger partial charge in [-0.3, -0.25) is 9.59 Å². The number of aromatic nitrogens is 4. The van der Waals surface area contributed by atoms with Crippen molar-refractivity contribution in [2.45, 2.75) is 26.8 Å². The van der Waals surface area contributed by atoms with Crippen LogP contribution in [0.2, 0.25) is 0 Å². The monoisotopic (exact) mass is 383 g/mol. The standard InChI is InChI=1S/C19H21N5O4/c1-12-8-13(2)24-19(21-12)22-16(23-24)9-18(26)28-11-17(25)20-10-14-6-4-5-7-15(14)27-3/h4-8H,9-11H2,1-3H3,(H,20,25). The van der Waals surface area contributed by atoms with Crippen molar-refractivity contribution >= 4 is 17.7 Å². The molecule has 0 saturated heterocycles. The van der Waals surface area contributed by atoms with E-state index in [-0.39, 0.29) is 19.6 Å². The summed E-state index contributed by atoms with van der Waals surface area (Å²) in [6, 6.07) is 9.22. The Kier molecular flexibility index (Phi) is 5.83. The summed E-state index contributed by atoms with van der Waals surface area (Å²) in [7, 11) is 1.56. The number of amides is 1. The third kappa shape index (κ3) is 4.61. The van der Waals surface area contributed by atoms with Crippen LogP contribution >= 0.6 is 0 Å². The Morgan fingerprint density at radius 2 is 1.96 bits per heavy atom. The molecule has 2 aromatic heterocycles. The van der Waals surface area contributed by atoms with Crippen LogP contribution in [0.1, 0.15) is 22.8 Å². The highest BCUT2D eigenvalue weighted by Gasteiger charge is 2.14. The molecule has 0 radical (unpaired) electrons. The lowest BCUT2D eigenvalue weighted by molar-refractivity contribution is -0.148. The number of hydrogen-bond acceptors (Lipinski definition) is 7. The Bertz CT molecular complexity index is 1010. The van der Waals surface area contributed by atoms with Gasteiger partial charge in [0.2, 0.25) is 0 Å². The molecule has 0 aliphatic rings. The topological polar surface area (TPSA) is 108 Å². The van der Waals surface area contributed by atoms with Crippen molar-refractivity contribution in [2.75, 3.05) is 13.7 Å². The largest absolute Gasteiger partial charge is 0.496 e. The average molecular weight is 383 g/mol. The Morgan fingerprint density at radius 1 is 1.18 bits per heavy atom. The van der Waals surface area contributed by atoms with Gasteiger partial charge in [0, 0.05) is 23.5 Å². The van der Waals surface area contributed by atoms with Crippen molar-refractivity contribution in [2.24, 2.45) is 0 Å². The molecule has 9 nitrogen and oxygen atoms in total. The lowest BCUT2D eigenvalue weighted by Crippen LogP contribution is -2.28. The Labute approximate surface area is 161 Å².